The number of nitro groups is 1. The van der Waals surface area contributed by atoms with Crippen molar-refractivity contribution in [3.8, 4) is 0 Å². The monoisotopic (exact) mass is 288 g/mol. The molecule has 0 saturated heterocycles. The molecule has 2 N–H and O–H groups in total. The number of aliphatic hydroxyl groups excluding tert-OH is 1. The molecule has 104 valence electrons. The maximum absolute atomic E-state index is 11.8. The van der Waals surface area contributed by atoms with Crippen LogP contribution in [-0.4, -0.2) is 42.3 Å². The van der Waals surface area contributed by atoms with Crippen molar-refractivity contribution in [1.82, 2.24) is 5.32 Å². The van der Waals surface area contributed by atoms with Gasteiger partial charge in [-0.3, -0.25) is 14.9 Å². The zero-order valence-corrected chi connectivity index (χ0v) is 10.7. The van der Waals surface area contributed by atoms with E-state index >= 15 is 0 Å². The van der Waals surface area contributed by atoms with Crippen LogP contribution >= 0.6 is 11.6 Å². The Labute approximate surface area is 114 Å². The third kappa shape index (κ3) is 4.47. The molecule has 0 bridgehead atoms. The summed E-state index contributed by atoms with van der Waals surface area (Å²) in [5.41, 5.74) is -0.516. The third-order valence-corrected chi connectivity index (χ3v) is 2.50. The van der Waals surface area contributed by atoms with Crippen molar-refractivity contribution >= 4 is 23.2 Å². The largest absolute Gasteiger partial charge is 0.394 e. The number of benzene rings is 1. The van der Waals surface area contributed by atoms with E-state index in [9.17, 15) is 14.9 Å². The summed E-state index contributed by atoms with van der Waals surface area (Å²) < 4.78 is 4.95. The van der Waals surface area contributed by atoms with E-state index in [1.807, 2.05) is 0 Å². The van der Waals surface area contributed by atoms with Crippen LogP contribution in [0.2, 0.25) is 5.02 Å². The van der Waals surface area contributed by atoms with E-state index in [1.54, 1.807) is 0 Å². The highest BCUT2D eigenvalue weighted by Gasteiger charge is 2.22. The molecule has 0 atom stereocenters. The molecule has 0 aromatic heterocycles. The second-order valence-corrected chi connectivity index (χ2v) is 3.89. The van der Waals surface area contributed by atoms with Gasteiger partial charge in [0.25, 0.3) is 11.6 Å². The molecule has 1 amide bonds. The van der Waals surface area contributed by atoms with Gasteiger partial charge in [0.2, 0.25) is 0 Å². The van der Waals surface area contributed by atoms with Crippen molar-refractivity contribution in [2.24, 2.45) is 0 Å². The summed E-state index contributed by atoms with van der Waals surface area (Å²) in [5.74, 6) is -0.634. The Morgan fingerprint density at radius 3 is 2.84 bits per heavy atom. The van der Waals surface area contributed by atoms with Crippen LogP contribution in [0.4, 0.5) is 5.69 Å². The van der Waals surface area contributed by atoms with E-state index in [-0.39, 0.29) is 42.6 Å². The standard InChI is InChI=1S/C11H13ClN2O5/c12-8-2-1-3-9(14(17)18)10(8)11(16)13-4-6-19-7-5-15/h1-3,15H,4-7H2,(H,13,16). The average Bonchev–Trinajstić information content (AvgIpc) is 2.37. The number of nitrogens with zero attached hydrogens (tertiary/aromatic N) is 1. The molecule has 0 aliphatic heterocycles. The van der Waals surface area contributed by atoms with Gasteiger partial charge < -0.3 is 15.2 Å². The summed E-state index contributed by atoms with van der Waals surface area (Å²) in [6.07, 6.45) is 0. The fourth-order valence-electron chi connectivity index (χ4n) is 1.38. The van der Waals surface area contributed by atoms with E-state index in [1.165, 1.54) is 18.2 Å². The Bertz CT molecular complexity index is 466. The Hall–Kier alpha value is -1.70. The van der Waals surface area contributed by atoms with Gasteiger partial charge in [-0.15, -0.1) is 0 Å². The van der Waals surface area contributed by atoms with E-state index in [2.05, 4.69) is 5.32 Å². The molecule has 0 spiro atoms. The summed E-state index contributed by atoms with van der Waals surface area (Å²) in [7, 11) is 0. The first-order valence-corrected chi connectivity index (χ1v) is 5.85. The van der Waals surface area contributed by atoms with Crippen LogP contribution in [0.5, 0.6) is 0 Å². The molecule has 0 radical (unpaired) electrons. The highest BCUT2D eigenvalue weighted by molar-refractivity contribution is 6.34. The van der Waals surface area contributed by atoms with Crippen molar-refractivity contribution in [2.75, 3.05) is 26.4 Å². The number of ether oxygens (including phenoxy) is 1. The summed E-state index contributed by atoms with van der Waals surface area (Å²) in [6, 6.07) is 4.02. The van der Waals surface area contributed by atoms with E-state index in [0.29, 0.717) is 0 Å². The number of nitrogens with one attached hydrogen (secondary N) is 1. The number of hydrogen-bond donors (Lipinski definition) is 2. The lowest BCUT2D eigenvalue weighted by atomic mass is 10.1. The van der Waals surface area contributed by atoms with Crippen LogP contribution < -0.4 is 5.32 Å². The van der Waals surface area contributed by atoms with Gasteiger partial charge in [-0.1, -0.05) is 17.7 Å². The minimum absolute atomic E-state index is 0.0166. The predicted octanol–water partition coefficient (Wildman–Crippen LogP) is 0.987. The van der Waals surface area contributed by atoms with Crippen molar-refractivity contribution in [3.63, 3.8) is 0 Å². The van der Waals surface area contributed by atoms with Crippen molar-refractivity contribution < 1.29 is 19.6 Å². The molecule has 1 rings (SSSR count). The Balaban J connectivity index is 2.68. The molecule has 19 heavy (non-hydrogen) atoms. The van der Waals surface area contributed by atoms with Crippen molar-refractivity contribution in [3.05, 3.63) is 38.9 Å². The van der Waals surface area contributed by atoms with Crippen LogP contribution in [0.3, 0.4) is 0 Å². The number of nitro benzene ring substituents is 1. The smallest absolute Gasteiger partial charge is 0.283 e. The molecule has 0 aliphatic rings. The number of halogens is 1. The maximum atomic E-state index is 11.8. The quantitative estimate of drug-likeness (QED) is 0.442. The van der Waals surface area contributed by atoms with Crippen molar-refractivity contribution in [2.45, 2.75) is 0 Å². The first-order valence-electron chi connectivity index (χ1n) is 5.47. The number of aliphatic hydroxyl groups is 1. The zero-order valence-electron chi connectivity index (χ0n) is 9.97. The van der Waals surface area contributed by atoms with Gasteiger partial charge in [0.1, 0.15) is 5.56 Å². The van der Waals surface area contributed by atoms with Crippen LogP contribution in [0.15, 0.2) is 18.2 Å². The van der Waals surface area contributed by atoms with Gasteiger partial charge in [0.15, 0.2) is 0 Å². The second-order valence-electron chi connectivity index (χ2n) is 3.48. The van der Waals surface area contributed by atoms with Crippen molar-refractivity contribution in [1.29, 1.82) is 0 Å². The van der Waals surface area contributed by atoms with Gasteiger partial charge in [0, 0.05) is 12.6 Å². The zero-order chi connectivity index (χ0) is 14.3. The topological polar surface area (TPSA) is 102 Å². The van der Waals surface area contributed by atoms with Gasteiger partial charge in [-0.2, -0.15) is 0 Å². The first-order chi connectivity index (χ1) is 9.07. The Kier molecular flexibility index (Phi) is 6.20. The molecule has 0 saturated carbocycles. The number of rotatable bonds is 7. The molecule has 8 heteroatoms. The molecule has 0 heterocycles. The fraction of sp³-hybridized carbons (Fsp3) is 0.364. The summed E-state index contributed by atoms with van der Waals surface area (Å²) in [4.78, 5) is 22.0. The van der Waals surface area contributed by atoms with Crippen LogP contribution in [0, 0.1) is 10.1 Å². The summed E-state index contributed by atoms with van der Waals surface area (Å²) >= 11 is 5.80. The lowest BCUT2D eigenvalue weighted by molar-refractivity contribution is -0.385. The molecule has 0 fully saturated rings. The number of hydrogen-bond acceptors (Lipinski definition) is 5. The van der Waals surface area contributed by atoms with E-state index in [4.69, 9.17) is 21.4 Å². The minimum Gasteiger partial charge on any atom is -0.394 e. The normalized spacial score (nSPS) is 10.2. The second kappa shape index (κ2) is 7.67. The van der Waals surface area contributed by atoms with Gasteiger partial charge >= 0.3 is 0 Å². The minimum atomic E-state index is -0.664. The molecular formula is C11H13ClN2O5. The SMILES string of the molecule is O=C(NCCOCCO)c1c(Cl)cccc1[N+](=O)[O-]. The Morgan fingerprint density at radius 1 is 1.47 bits per heavy atom. The van der Waals surface area contributed by atoms with Crippen LogP contribution in [0.25, 0.3) is 0 Å². The third-order valence-electron chi connectivity index (χ3n) is 2.18. The van der Waals surface area contributed by atoms with E-state index in [0.717, 1.165) is 0 Å². The lowest BCUT2D eigenvalue weighted by Crippen LogP contribution is -2.28. The predicted molar refractivity (Wildman–Crippen MR) is 68.3 cm³/mol. The van der Waals surface area contributed by atoms with Gasteiger partial charge in [-0.05, 0) is 6.07 Å². The van der Waals surface area contributed by atoms with Gasteiger partial charge in [-0.25, -0.2) is 0 Å². The maximum Gasteiger partial charge on any atom is 0.283 e. The molecule has 0 aliphatic carbocycles. The molecule has 1 aromatic carbocycles. The lowest BCUT2D eigenvalue weighted by Gasteiger charge is -2.07. The Morgan fingerprint density at radius 2 is 2.21 bits per heavy atom. The van der Waals surface area contributed by atoms with Crippen LogP contribution in [-0.2, 0) is 4.74 Å². The summed E-state index contributed by atoms with van der Waals surface area (Å²) in [6.45, 7) is 0.428. The average molecular weight is 289 g/mol. The van der Waals surface area contributed by atoms with Crippen LogP contribution in [0.1, 0.15) is 10.4 Å². The molecular weight excluding hydrogens is 276 g/mol. The summed E-state index contributed by atoms with van der Waals surface area (Å²) in [5, 5.41) is 21.8. The van der Waals surface area contributed by atoms with Gasteiger partial charge in [0.05, 0.1) is 29.8 Å². The molecule has 1 aromatic rings. The number of carbonyl (C=O) groups is 1. The molecule has 7 nitrogen and oxygen atoms in total. The molecule has 0 unspecified atom stereocenters. The number of amides is 1. The highest BCUT2D eigenvalue weighted by Crippen LogP contribution is 2.25. The highest BCUT2D eigenvalue weighted by atomic mass is 35.5. The fourth-order valence-corrected chi connectivity index (χ4v) is 1.64. The number of carbonyl (C=O) groups excluding carboxylic acids is 1. The first kappa shape index (κ1) is 15.4. The van der Waals surface area contributed by atoms with E-state index < -0.39 is 10.8 Å².